The van der Waals surface area contributed by atoms with E-state index in [0.717, 1.165) is 18.7 Å². The van der Waals surface area contributed by atoms with Crippen LogP contribution in [-0.4, -0.2) is 53.4 Å². The molecule has 0 aliphatic carbocycles. The van der Waals surface area contributed by atoms with E-state index < -0.39 is 5.82 Å². The number of ether oxygens (including phenoxy) is 1. The normalized spacial score (nSPS) is 18.4. The summed E-state index contributed by atoms with van der Waals surface area (Å²) in [4.78, 5) is 23.5. The number of nitrogens with zero attached hydrogens (tertiary/aromatic N) is 4. The fourth-order valence-corrected chi connectivity index (χ4v) is 4.51. The first-order valence-corrected chi connectivity index (χ1v) is 11.7. The highest BCUT2D eigenvalue weighted by atomic mass is 19.1. The van der Waals surface area contributed by atoms with Crippen LogP contribution in [0.2, 0.25) is 0 Å². The van der Waals surface area contributed by atoms with Crippen molar-refractivity contribution in [2.75, 3.05) is 30.4 Å². The molecule has 2 aromatic heterocycles. The second kappa shape index (κ2) is 9.89. The van der Waals surface area contributed by atoms with E-state index in [9.17, 15) is 19.6 Å². The molecular formula is C26H25FN6O3. The van der Waals surface area contributed by atoms with Gasteiger partial charge in [0.05, 0.1) is 77.1 Å². The summed E-state index contributed by atoms with van der Waals surface area (Å²) in [5.74, 6) is -0.341. The van der Waals surface area contributed by atoms with Gasteiger partial charge in [0.1, 0.15) is 11.6 Å². The Morgan fingerprint density at radius 2 is 2.19 bits per heavy atom. The van der Waals surface area contributed by atoms with Crippen LogP contribution in [0.15, 0.2) is 42.6 Å². The monoisotopic (exact) mass is 488 g/mol. The number of nitrogens with one attached hydrogen (secondary N) is 2. The molecule has 0 spiro atoms. The van der Waals surface area contributed by atoms with Crippen LogP contribution in [0.3, 0.4) is 0 Å². The predicted molar refractivity (Wildman–Crippen MR) is 131 cm³/mol. The molecule has 1 aromatic carbocycles. The predicted octanol–water partition coefficient (Wildman–Crippen LogP) is 3.12. The molecule has 1 amide bonds. The minimum absolute atomic E-state index is 0.0569. The van der Waals surface area contributed by atoms with E-state index in [4.69, 9.17) is 4.74 Å². The number of amides is 1. The minimum Gasteiger partial charge on any atom is -0.391 e. The van der Waals surface area contributed by atoms with Crippen LogP contribution in [-0.2, 0) is 11.3 Å². The number of benzene rings is 1. The number of aliphatic hydroxyl groups excluding tert-OH is 1. The number of hydrogen-bond acceptors (Lipinski definition) is 8. The van der Waals surface area contributed by atoms with Crippen molar-refractivity contribution >= 4 is 23.1 Å². The standard InChI is InChI=1S/C26H25FN6O3/c1-33(8-7-18-9-17(34)14-36-18)16-5-6-23(29-12-16)32-21-10-20(31-22-13-30-26(35)25(21)22)24-15(11-28)3-2-4-19(24)27/h2-6,10,12,17-18,34H,7-9,13-14H2,1H3,(H,30,35)(H,29,31,32). The third kappa shape index (κ3) is 4.71. The maximum Gasteiger partial charge on any atom is 0.255 e. The number of halogens is 1. The Hall–Kier alpha value is -4.07. The Bertz CT molecular complexity index is 1340. The second-order valence-electron chi connectivity index (χ2n) is 8.92. The van der Waals surface area contributed by atoms with Crippen LogP contribution in [0.25, 0.3) is 11.3 Å². The molecule has 2 unspecified atom stereocenters. The SMILES string of the molecule is CN(CCC1CC(O)CO1)c1ccc(Nc2cc(-c3c(F)cccc3C#N)nc3c2C(=O)NC3)nc1. The summed E-state index contributed by atoms with van der Waals surface area (Å²) >= 11 is 0. The molecule has 9 nitrogen and oxygen atoms in total. The summed E-state index contributed by atoms with van der Waals surface area (Å²) < 4.78 is 20.2. The molecule has 2 aliphatic rings. The summed E-state index contributed by atoms with van der Waals surface area (Å²) in [5, 5.41) is 25.0. The summed E-state index contributed by atoms with van der Waals surface area (Å²) in [6.07, 6.45) is 2.86. The topological polar surface area (TPSA) is 123 Å². The second-order valence-corrected chi connectivity index (χ2v) is 8.92. The highest BCUT2D eigenvalue weighted by Gasteiger charge is 2.27. The number of carbonyl (C=O) groups is 1. The third-order valence-corrected chi connectivity index (χ3v) is 6.43. The molecule has 184 valence electrons. The van der Waals surface area contributed by atoms with E-state index in [-0.39, 0.29) is 41.5 Å². The van der Waals surface area contributed by atoms with E-state index >= 15 is 0 Å². The maximum absolute atomic E-state index is 14.7. The molecule has 5 rings (SSSR count). The van der Waals surface area contributed by atoms with Crippen LogP contribution in [0.5, 0.6) is 0 Å². The highest BCUT2D eigenvalue weighted by molar-refractivity contribution is 6.04. The molecule has 1 saturated heterocycles. The van der Waals surface area contributed by atoms with Crippen LogP contribution in [0.1, 0.15) is 34.5 Å². The van der Waals surface area contributed by atoms with Gasteiger partial charge in [-0.1, -0.05) is 6.07 Å². The first-order chi connectivity index (χ1) is 17.4. The number of nitriles is 1. The number of anilines is 3. The lowest BCUT2D eigenvalue weighted by atomic mass is 10.0. The van der Waals surface area contributed by atoms with E-state index in [1.807, 2.05) is 19.2 Å². The summed E-state index contributed by atoms with van der Waals surface area (Å²) in [5.41, 5.74) is 2.70. The number of aromatic nitrogens is 2. The van der Waals surface area contributed by atoms with Crippen molar-refractivity contribution in [3.05, 3.63) is 65.2 Å². The molecule has 3 aromatic rings. The summed E-state index contributed by atoms with van der Waals surface area (Å²) in [7, 11) is 1.96. The highest BCUT2D eigenvalue weighted by Crippen LogP contribution is 2.33. The average Bonchev–Trinajstić information content (AvgIpc) is 3.47. The molecule has 3 N–H and O–H groups in total. The van der Waals surface area contributed by atoms with E-state index in [2.05, 4.69) is 25.5 Å². The molecule has 4 heterocycles. The van der Waals surface area contributed by atoms with Crippen molar-refractivity contribution in [3.8, 4) is 17.3 Å². The average molecular weight is 489 g/mol. The van der Waals surface area contributed by atoms with Gasteiger partial charge in [0.25, 0.3) is 5.91 Å². The minimum atomic E-state index is -0.562. The van der Waals surface area contributed by atoms with Gasteiger partial charge in [0, 0.05) is 20.0 Å². The first kappa shape index (κ1) is 23.7. The van der Waals surface area contributed by atoms with Gasteiger partial charge in [-0.25, -0.2) is 14.4 Å². The van der Waals surface area contributed by atoms with Crippen molar-refractivity contribution < 1.29 is 19.0 Å². The van der Waals surface area contributed by atoms with Gasteiger partial charge in [-0.2, -0.15) is 5.26 Å². The molecule has 36 heavy (non-hydrogen) atoms. The van der Waals surface area contributed by atoms with E-state index in [1.54, 1.807) is 18.3 Å². The van der Waals surface area contributed by atoms with Gasteiger partial charge in [-0.05, 0) is 36.8 Å². The van der Waals surface area contributed by atoms with Gasteiger partial charge >= 0.3 is 0 Å². The van der Waals surface area contributed by atoms with Crippen molar-refractivity contribution in [2.45, 2.75) is 31.6 Å². The zero-order chi connectivity index (χ0) is 25.2. The van der Waals surface area contributed by atoms with Gasteiger partial charge in [-0.15, -0.1) is 0 Å². The van der Waals surface area contributed by atoms with Gasteiger partial charge in [0.15, 0.2) is 0 Å². The van der Waals surface area contributed by atoms with E-state index in [1.165, 1.54) is 18.2 Å². The number of aliphatic hydroxyl groups is 1. The van der Waals surface area contributed by atoms with Crippen LogP contribution < -0.4 is 15.5 Å². The Kier molecular flexibility index (Phi) is 6.50. The van der Waals surface area contributed by atoms with Crippen molar-refractivity contribution in [1.29, 1.82) is 5.26 Å². The Morgan fingerprint density at radius 3 is 2.92 bits per heavy atom. The lowest BCUT2D eigenvalue weighted by Gasteiger charge is -2.21. The fourth-order valence-electron chi connectivity index (χ4n) is 4.51. The first-order valence-electron chi connectivity index (χ1n) is 11.7. The van der Waals surface area contributed by atoms with Crippen LogP contribution in [0.4, 0.5) is 21.6 Å². The molecule has 10 heteroatoms. The van der Waals surface area contributed by atoms with Crippen molar-refractivity contribution in [3.63, 3.8) is 0 Å². The number of rotatable bonds is 7. The molecule has 0 radical (unpaired) electrons. The van der Waals surface area contributed by atoms with Crippen molar-refractivity contribution in [2.24, 2.45) is 0 Å². The van der Waals surface area contributed by atoms with Gasteiger partial charge in [-0.3, -0.25) is 4.79 Å². The summed E-state index contributed by atoms with van der Waals surface area (Å²) in [6, 6.07) is 11.6. The molecule has 2 aliphatic heterocycles. The lowest BCUT2D eigenvalue weighted by molar-refractivity contribution is 0.0855. The molecule has 1 fully saturated rings. The smallest absolute Gasteiger partial charge is 0.255 e. The van der Waals surface area contributed by atoms with E-state index in [0.29, 0.717) is 35.8 Å². The largest absolute Gasteiger partial charge is 0.391 e. The molecule has 0 saturated carbocycles. The zero-order valence-electron chi connectivity index (χ0n) is 19.7. The fraction of sp³-hybridized carbons (Fsp3) is 0.308. The van der Waals surface area contributed by atoms with Crippen LogP contribution >= 0.6 is 0 Å². The maximum atomic E-state index is 14.7. The van der Waals surface area contributed by atoms with Crippen molar-refractivity contribution in [1.82, 2.24) is 15.3 Å². The van der Waals surface area contributed by atoms with Gasteiger partial charge in [0.2, 0.25) is 0 Å². The summed E-state index contributed by atoms with van der Waals surface area (Å²) in [6.45, 7) is 1.35. The molecule has 0 bridgehead atoms. The van der Waals surface area contributed by atoms with Crippen LogP contribution in [0, 0.1) is 17.1 Å². The number of carbonyl (C=O) groups excluding carboxylic acids is 1. The zero-order valence-corrected chi connectivity index (χ0v) is 19.7. The molecular weight excluding hydrogens is 463 g/mol. The Balaban J connectivity index is 1.38. The number of fused-ring (bicyclic) bond motifs is 1. The quantitative estimate of drug-likeness (QED) is 0.464. The number of pyridine rings is 2. The molecule has 2 atom stereocenters. The lowest BCUT2D eigenvalue weighted by Crippen LogP contribution is -2.23. The number of hydrogen-bond donors (Lipinski definition) is 3. The third-order valence-electron chi connectivity index (χ3n) is 6.43. The Labute approximate surface area is 207 Å². The Morgan fingerprint density at radius 1 is 1.33 bits per heavy atom. The van der Waals surface area contributed by atoms with Gasteiger partial charge < -0.3 is 25.4 Å².